The molecule has 2 aliphatic carbocycles. The van der Waals surface area contributed by atoms with E-state index in [0.29, 0.717) is 5.57 Å². The molecule has 7 rings (SSSR count). The molecule has 0 aromatic heterocycles. The van der Waals surface area contributed by atoms with Gasteiger partial charge in [0.2, 0.25) is 0 Å². The summed E-state index contributed by atoms with van der Waals surface area (Å²) >= 11 is 0. The van der Waals surface area contributed by atoms with Crippen LogP contribution in [0, 0.1) is 11.3 Å². The lowest BCUT2D eigenvalue weighted by Gasteiger charge is -2.31. The van der Waals surface area contributed by atoms with Gasteiger partial charge in [0.05, 0.1) is 11.5 Å². The van der Waals surface area contributed by atoms with Crippen LogP contribution in [0.2, 0.25) is 0 Å². The molecule has 0 atom stereocenters. The molecule has 2 nitrogen and oxygen atoms in total. The van der Waals surface area contributed by atoms with Gasteiger partial charge >= 0.3 is 0 Å². The molecule has 0 aliphatic heterocycles. The van der Waals surface area contributed by atoms with E-state index in [2.05, 4.69) is 140 Å². The number of rotatable bonds is 7. The highest BCUT2D eigenvalue weighted by atomic mass is 14.5. The van der Waals surface area contributed by atoms with Crippen LogP contribution in [0.5, 0.6) is 0 Å². The van der Waals surface area contributed by atoms with Crippen molar-refractivity contribution >= 4 is 5.57 Å². The molecular formula is C42H32N2. The van der Waals surface area contributed by atoms with Gasteiger partial charge in [-0.3, -0.25) is 0 Å². The molecule has 5 aromatic carbocycles. The van der Waals surface area contributed by atoms with Gasteiger partial charge in [0.1, 0.15) is 0 Å². The van der Waals surface area contributed by atoms with Crippen molar-refractivity contribution in [1.29, 1.82) is 5.26 Å². The van der Waals surface area contributed by atoms with Crippen molar-refractivity contribution in [3.63, 3.8) is 0 Å². The van der Waals surface area contributed by atoms with Gasteiger partial charge in [-0.15, -0.1) is 0 Å². The number of fused-ring (bicyclic) bond motifs is 10. The van der Waals surface area contributed by atoms with Crippen LogP contribution in [-0.2, 0) is 5.41 Å². The van der Waals surface area contributed by atoms with Crippen molar-refractivity contribution < 1.29 is 0 Å². The van der Waals surface area contributed by atoms with E-state index < -0.39 is 5.41 Å². The summed E-state index contributed by atoms with van der Waals surface area (Å²) in [5.41, 5.74) is 20.6. The van der Waals surface area contributed by atoms with Crippen molar-refractivity contribution in [3.05, 3.63) is 186 Å². The maximum absolute atomic E-state index is 9.22. The van der Waals surface area contributed by atoms with Crippen molar-refractivity contribution in [2.24, 2.45) is 5.73 Å². The summed E-state index contributed by atoms with van der Waals surface area (Å²) in [6, 6.07) is 44.5. The monoisotopic (exact) mass is 564 g/mol. The van der Waals surface area contributed by atoms with Gasteiger partial charge in [-0.25, -0.2) is 0 Å². The second-order valence-corrected chi connectivity index (χ2v) is 11.4. The molecule has 210 valence electrons. The summed E-state index contributed by atoms with van der Waals surface area (Å²) < 4.78 is 0. The van der Waals surface area contributed by atoms with E-state index in [1.54, 1.807) is 6.08 Å². The van der Waals surface area contributed by atoms with Gasteiger partial charge in [0, 0.05) is 5.57 Å². The average Bonchev–Trinajstić information content (AvgIpc) is 3.54. The standard InChI is InChI=1S/C42H32N2/c1-29(12-4-2-5-13-30(28-44)24-25-43)32-20-22-36-37-23-21-33(31-14-6-3-7-15-31)27-41(37)42(40(36)26-32)38-18-10-8-16-34(38)35-17-9-11-19-39(35)42/h3-4,6-27H,1-2,5,43H2/b12-4-,25-24-,30-13+. The molecule has 2 N–H and O–H groups in total. The zero-order valence-electron chi connectivity index (χ0n) is 24.5. The van der Waals surface area contributed by atoms with Gasteiger partial charge < -0.3 is 5.73 Å². The Kier molecular flexibility index (Phi) is 6.93. The fourth-order valence-corrected chi connectivity index (χ4v) is 7.06. The molecule has 0 saturated carbocycles. The summed E-state index contributed by atoms with van der Waals surface area (Å²) in [5.74, 6) is 0. The topological polar surface area (TPSA) is 49.8 Å². The average molecular weight is 565 g/mol. The van der Waals surface area contributed by atoms with Crippen LogP contribution in [0.25, 0.3) is 39.0 Å². The Morgan fingerprint density at radius 2 is 1.27 bits per heavy atom. The van der Waals surface area contributed by atoms with Crippen molar-refractivity contribution in [3.8, 4) is 39.4 Å². The molecule has 44 heavy (non-hydrogen) atoms. The lowest BCUT2D eigenvalue weighted by atomic mass is 9.70. The molecule has 2 heteroatoms. The lowest BCUT2D eigenvalue weighted by molar-refractivity contribution is 0.793. The van der Waals surface area contributed by atoms with E-state index in [1.807, 2.05) is 6.08 Å². The number of unbranched alkanes of at least 4 members (excludes halogenated alkanes) is 1. The molecule has 0 fully saturated rings. The first-order valence-corrected chi connectivity index (χ1v) is 15.1. The number of benzene rings is 5. The summed E-state index contributed by atoms with van der Waals surface area (Å²) in [6.45, 7) is 4.45. The van der Waals surface area contributed by atoms with Gasteiger partial charge in [-0.1, -0.05) is 128 Å². The first kappa shape index (κ1) is 27.2. The van der Waals surface area contributed by atoms with Crippen LogP contribution in [0.4, 0.5) is 0 Å². The normalized spacial score (nSPS) is 13.9. The first-order valence-electron chi connectivity index (χ1n) is 15.1. The number of nitriles is 1. The van der Waals surface area contributed by atoms with Crippen molar-refractivity contribution in [2.45, 2.75) is 18.3 Å². The molecule has 0 heterocycles. The Balaban J connectivity index is 1.36. The quantitative estimate of drug-likeness (QED) is 0.119. The SMILES string of the molecule is C=C(/C=C\CC/C=C(C#N)\C=C/N)c1ccc2c(c1)C1(c3ccccc3-c3ccccc31)c1cc(-c3ccccc3)ccc1-2. The summed E-state index contributed by atoms with van der Waals surface area (Å²) in [7, 11) is 0. The molecule has 2 aliphatic rings. The molecule has 0 bridgehead atoms. The third kappa shape index (κ3) is 4.25. The van der Waals surface area contributed by atoms with Gasteiger partial charge in [0.25, 0.3) is 0 Å². The maximum Gasteiger partial charge on any atom is 0.0988 e. The van der Waals surface area contributed by atoms with E-state index in [1.165, 1.54) is 61.8 Å². The third-order valence-corrected chi connectivity index (χ3v) is 8.99. The van der Waals surface area contributed by atoms with Crippen LogP contribution in [0.1, 0.15) is 40.7 Å². The van der Waals surface area contributed by atoms with Gasteiger partial charge in [0.15, 0.2) is 0 Å². The third-order valence-electron chi connectivity index (χ3n) is 8.99. The molecule has 1 spiro atoms. The van der Waals surface area contributed by atoms with E-state index >= 15 is 0 Å². The Bertz CT molecular complexity index is 2000. The fourth-order valence-electron chi connectivity index (χ4n) is 7.06. The van der Waals surface area contributed by atoms with Gasteiger partial charge in [-0.2, -0.15) is 5.26 Å². The highest BCUT2D eigenvalue weighted by Crippen LogP contribution is 2.63. The van der Waals surface area contributed by atoms with E-state index in [9.17, 15) is 5.26 Å². The van der Waals surface area contributed by atoms with Crippen LogP contribution < -0.4 is 5.73 Å². The minimum Gasteiger partial charge on any atom is -0.405 e. The highest BCUT2D eigenvalue weighted by molar-refractivity contribution is 5.96. The predicted molar refractivity (Wildman–Crippen MR) is 183 cm³/mol. The number of hydrogen-bond donors (Lipinski definition) is 1. The lowest BCUT2D eigenvalue weighted by Crippen LogP contribution is -2.26. The van der Waals surface area contributed by atoms with Gasteiger partial charge in [-0.05, 0) is 104 Å². The Hall–Kier alpha value is -5.65. The summed E-state index contributed by atoms with van der Waals surface area (Å²) in [5, 5.41) is 9.22. The minimum absolute atomic E-state index is 0.419. The molecule has 0 radical (unpaired) electrons. The van der Waals surface area contributed by atoms with Crippen LogP contribution in [-0.4, -0.2) is 0 Å². The summed E-state index contributed by atoms with van der Waals surface area (Å²) in [4.78, 5) is 0. The number of allylic oxidation sites excluding steroid dienone is 6. The van der Waals surface area contributed by atoms with Crippen molar-refractivity contribution in [1.82, 2.24) is 0 Å². The Labute approximate surface area is 259 Å². The molecule has 0 amide bonds. The zero-order valence-corrected chi connectivity index (χ0v) is 24.5. The number of nitrogens with two attached hydrogens (primary N) is 1. The first-order chi connectivity index (χ1) is 21.7. The minimum atomic E-state index is -0.419. The Morgan fingerprint density at radius 3 is 1.95 bits per heavy atom. The van der Waals surface area contributed by atoms with Crippen LogP contribution in [0.15, 0.2) is 158 Å². The van der Waals surface area contributed by atoms with Crippen LogP contribution in [0.3, 0.4) is 0 Å². The van der Waals surface area contributed by atoms with Crippen LogP contribution >= 0.6 is 0 Å². The number of hydrogen-bond acceptors (Lipinski definition) is 2. The molecular weight excluding hydrogens is 532 g/mol. The fraction of sp³-hybridized carbons (Fsp3) is 0.0714. The molecule has 5 aromatic rings. The summed E-state index contributed by atoms with van der Waals surface area (Å²) in [6.07, 6.45) is 10.7. The highest BCUT2D eigenvalue weighted by Gasteiger charge is 2.51. The largest absolute Gasteiger partial charge is 0.405 e. The Morgan fingerprint density at radius 1 is 0.659 bits per heavy atom. The smallest absolute Gasteiger partial charge is 0.0988 e. The molecule has 0 unspecified atom stereocenters. The van der Waals surface area contributed by atoms with E-state index in [0.717, 1.165) is 24.0 Å². The maximum atomic E-state index is 9.22. The molecule has 0 saturated heterocycles. The second kappa shape index (κ2) is 11.2. The second-order valence-electron chi connectivity index (χ2n) is 11.4. The van der Waals surface area contributed by atoms with E-state index in [-0.39, 0.29) is 0 Å². The predicted octanol–water partition coefficient (Wildman–Crippen LogP) is 9.97. The van der Waals surface area contributed by atoms with Crippen molar-refractivity contribution in [2.75, 3.05) is 0 Å². The number of nitrogens with zero attached hydrogens (tertiary/aromatic N) is 1. The zero-order chi connectivity index (χ0) is 30.1. The van der Waals surface area contributed by atoms with E-state index in [4.69, 9.17) is 5.73 Å².